The van der Waals surface area contributed by atoms with Crippen molar-refractivity contribution in [1.82, 2.24) is 10.1 Å². The van der Waals surface area contributed by atoms with E-state index in [1.807, 2.05) is 29.2 Å². The fourth-order valence-corrected chi connectivity index (χ4v) is 4.29. The van der Waals surface area contributed by atoms with Crippen molar-refractivity contribution in [2.24, 2.45) is 5.92 Å². The summed E-state index contributed by atoms with van der Waals surface area (Å²) in [5.74, 6) is 1.94. The van der Waals surface area contributed by atoms with Crippen molar-refractivity contribution in [3.05, 3.63) is 41.4 Å². The van der Waals surface area contributed by atoms with Crippen LogP contribution >= 0.6 is 11.6 Å². The Kier molecular flexibility index (Phi) is 7.12. The number of anilines is 2. The summed E-state index contributed by atoms with van der Waals surface area (Å²) in [5.41, 5.74) is 1.40. The molecule has 0 bridgehead atoms. The SMILES string of the molecule is COc1ccc(-c2noc(N3CCCC(C(=O)N(C)c4cc(Cl)c(OC)cc4OC)C3)n2)cc1. The van der Waals surface area contributed by atoms with E-state index in [2.05, 4.69) is 10.1 Å². The Hall–Kier alpha value is -3.46. The number of amides is 1. The lowest BCUT2D eigenvalue weighted by Gasteiger charge is -2.33. The number of hydrogen-bond donors (Lipinski definition) is 0. The van der Waals surface area contributed by atoms with Crippen molar-refractivity contribution in [2.45, 2.75) is 12.8 Å². The van der Waals surface area contributed by atoms with Crippen LogP contribution in [0.5, 0.6) is 17.2 Å². The van der Waals surface area contributed by atoms with Gasteiger partial charge in [0.05, 0.1) is 38.0 Å². The minimum atomic E-state index is -0.249. The van der Waals surface area contributed by atoms with Crippen LogP contribution in [0, 0.1) is 5.92 Å². The molecule has 1 aliphatic rings. The summed E-state index contributed by atoms with van der Waals surface area (Å²) < 4.78 is 21.4. The molecule has 34 heavy (non-hydrogen) atoms. The van der Waals surface area contributed by atoms with Crippen molar-refractivity contribution in [1.29, 1.82) is 0 Å². The minimum Gasteiger partial charge on any atom is -0.497 e. The van der Waals surface area contributed by atoms with E-state index in [9.17, 15) is 4.79 Å². The fraction of sp³-hybridized carbons (Fsp3) is 0.375. The minimum absolute atomic E-state index is 0.0425. The zero-order chi connectivity index (χ0) is 24.2. The normalized spacial score (nSPS) is 15.7. The lowest BCUT2D eigenvalue weighted by molar-refractivity contribution is -0.122. The molecule has 1 atom stereocenters. The first kappa shape index (κ1) is 23.7. The number of ether oxygens (including phenoxy) is 3. The second kappa shape index (κ2) is 10.2. The molecular weight excluding hydrogens is 460 g/mol. The second-order valence-electron chi connectivity index (χ2n) is 7.97. The average Bonchev–Trinajstić information content (AvgIpc) is 3.38. The fourth-order valence-electron chi connectivity index (χ4n) is 4.05. The van der Waals surface area contributed by atoms with Gasteiger partial charge in [0.15, 0.2) is 0 Å². The topological polar surface area (TPSA) is 90.2 Å². The third kappa shape index (κ3) is 4.75. The Morgan fingerprint density at radius 3 is 2.53 bits per heavy atom. The quantitative estimate of drug-likeness (QED) is 0.488. The van der Waals surface area contributed by atoms with Crippen LogP contribution in [0.3, 0.4) is 0 Å². The first-order chi connectivity index (χ1) is 16.4. The number of aromatic nitrogens is 2. The van der Waals surface area contributed by atoms with Crippen molar-refractivity contribution < 1.29 is 23.5 Å². The standard InChI is InChI=1S/C24H27ClN4O5/c1-28(19-12-18(25)20(32-3)13-21(19)33-4)23(30)16-6-5-11-29(14-16)24-26-22(27-34-24)15-7-9-17(31-2)10-8-15/h7-10,12-13,16H,5-6,11,14H2,1-4H3. The Bertz CT molecular complexity index is 1150. The molecule has 0 saturated carbocycles. The predicted molar refractivity (Wildman–Crippen MR) is 129 cm³/mol. The molecule has 180 valence electrons. The second-order valence-corrected chi connectivity index (χ2v) is 8.38. The maximum Gasteiger partial charge on any atom is 0.324 e. The maximum atomic E-state index is 13.4. The van der Waals surface area contributed by atoms with E-state index in [0.29, 0.717) is 40.6 Å². The molecule has 0 aliphatic carbocycles. The highest BCUT2D eigenvalue weighted by Crippen LogP contribution is 2.38. The van der Waals surface area contributed by atoms with Gasteiger partial charge in [0.25, 0.3) is 0 Å². The van der Waals surface area contributed by atoms with Crippen LogP contribution in [0.2, 0.25) is 5.02 Å². The molecule has 0 spiro atoms. The van der Waals surface area contributed by atoms with Crippen molar-refractivity contribution in [3.63, 3.8) is 0 Å². The first-order valence-electron chi connectivity index (χ1n) is 10.9. The predicted octanol–water partition coefficient (Wildman–Crippen LogP) is 4.30. The Balaban J connectivity index is 1.49. The molecule has 1 amide bonds. The van der Waals surface area contributed by atoms with Gasteiger partial charge in [-0.05, 0) is 43.2 Å². The Morgan fingerprint density at radius 1 is 1.12 bits per heavy atom. The molecule has 1 aromatic heterocycles. The number of benzene rings is 2. The van der Waals surface area contributed by atoms with Crippen LogP contribution in [-0.4, -0.2) is 57.5 Å². The van der Waals surface area contributed by atoms with Gasteiger partial charge in [0.2, 0.25) is 11.7 Å². The van der Waals surface area contributed by atoms with Gasteiger partial charge in [0.1, 0.15) is 17.2 Å². The smallest absolute Gasteiger partial charge is 0.324 e. The van der Waals surface area contributed by atoms with E-state index in [4.69, 9.17) is 30.3 Å². The molecule has 10 heteroatoms. The van der Waals surface area contributed by atoms with Gasteiger partial charge < -0.3 is 28.5 Å². The largest absolute Gasteiger partial charge is 0.497 e. The highest BCUT2D eigenvalue weighted by atomic mass is 35.5. The van der Waals surface area contributed by atoms with E-state index in [1.165, 1.54) is 7.11 Å². The van der Waals surface area contributed by atoms with Crippen LogP contribution in [0.4, 0.5) is 11.7 Å². The molecule has 1 saturated heterocycles. The number of carbonyl (C=O) groups is 1. The van der Waals surface area contributed by atoms with Gasteiger partial charge in [-0.1, -0.05) is 16.8 Å². The molecule has 3 aromatic rings. The summed E-state index contributed by atoms with van der Waals surface area (Å²) in [7, 11) is 6.41. The summed E-state index contributed by atoms with van der Waals surface area (Å²) in [6, 6.07) is 11.2. The maximum absolute atomic E-state index is 13.4. The first-order valence-corrected chi connectivity index (χ1v) is 11.2. The third-order valence-corrected chi connectivity index (χ3v) is 6.25. The summed E-state index contributed by atoms with van der Waals surface area (Å²) in [6.07, 6.45) is 1.58. The van der Waals surface area contributed by atoms with Gasteiger partial charge in [-0.2, -0.15) is 4.98 Å². The number of rotatable bonds is 7. The monoisotopic (exact) mass is 486 g/mol. The van der Waals surface area contributed by atoms with E-state index >= 15 is 0 Å². The number of halogens is 1. The number of nitrogens with zero attached hydrogens (tertiary/aromatic N) is 4. The molecule has 2 heterocycles. The molecular formula is C24H27ClN4O5. The zero-order valence-electron chi connectivity index (χ0n) is 19.6. The summed E-state index contributed by atoms with van der Waals surface area (Å²) >= 11 is 6.30. The van der Waals surface area contributed by atoms with Crippen LogP contribution < -0.4 is 24.0 Å². The lowest BCUT2D eigenvalue weighted by atomic mass is 9.96. The molecule has 1 unspecified atom stereocenters. The lowest BCUT2D eigenvalue weighted by Crippen LogP contribution is -2.44. The van der Waals surface area contributed by atoms with Crippen LogP contribution in [0.1, 0.15) is 12.8 Å². The number of piperidine rings is 1. The highest BCUT2D eigenvalue weighted by Gasteiger charge is 2.32. The van der Waals surface area contributed by atoms with E-state index in [0.717, 1.165) is 30.7 Å². The van der Waals surface area contributed by atoms with Crippen LogP contribution in [-0.2, 0) is 4.79 Å². The van der Waals surface area contributed by atoms with Crippen LogP contribution in [0.15, 0.2) is 40.9 Å². The molecule has 0 radical (unpaired) electrons. The average molecular weight is 487 g/mol. The van der Waals surface area contributed by atoms with E-state index in [-0.39, 0.29) is 11.8 Å². The molecule has 9 nitrogen and oxygen atoms in total. The van der Waals surface area contributed by atoms with Gasteiger partial charge >= 0.3 is 6.01 Å². The molecule has 2 aromatic carbocycles. The van der Waals surface area contributed by atoms with E-state index in [1.54, 1.807) is 38.3 Å². The molecule has 4 rings (SSSR count). The van der Waals surface area contributed by atoms with E-state index < -0.39 is 0 Å². The molecule has 1 aliphatic heterocycles. The van der Waals surface area contributed by atoms with Gasteiger partial charge in [-0.15, -0.1) is 0 Å². The Labute approximate surface area is 203 Å². The summed E-state index contributed by atoms with van der Waals surface area (Å²) in [5, 5.41) is 4.51. The van der Waals surface area contributed by atoms with Gasteiger partial charge in [-0.25, -0.2) is 0 Å². The molecule has 1 fully saturated rings. The zero-order valence-corrected chi connectivity index (χ0v) is 20.3. The number of hydrogen-bond acceptors (Lipinski definition) is 8. The van der Waals surface area contributed by atoms with Crippen LogP contribution in [0.25, 0.3) is 11.4 Å². The summed E-state index contributed by atoms with van der Waals surface area (Å²) in [6.45, 7) is 1.20. The number of carbonyl (C=O) groups excluding carboxylic acids is 1. The van der Waals surface area contributed by atoms with Crippen molar-refractivity contribution in [3.8, 4) is 28.6 Å². The Morgan fingerprint density at radius 2 is 1.85 bits per heavy atom. The van der Waals surface area contributed by atoms with Crippen molar-refractivity contribution in [2.75, 3.05) is 51.3 Å². The number of methoxy groups -OCH3 is 3. The van der Waals surface area contributed by atoms with Gasteiger partial charge in [-0.3, -0.25) is 4.79 Å². The highest BCUT2D eigenvalue weighted by molar-refractivity contribution is 6.32. The molecule has 0 N–H and O–H groups in total. The third-order valence-electron chi connectivity index (χ3n) is 5.95. The van der Waals surface area contributed by atoms with Gasteiger partial charge in [0, 0.05) is 31.8 Å². The van der Waals surface area contributed by atoms with Crippen molar-refractivity contribution >= 4 is 29.2 Å². The summed E-state index contributed by atoms with van der Waals surface area (Å²) in [4.78, 5) is 21.5.